The molecule has 72 valence electrons. The number of nitrogens with zero attached hydrogens (tertiary/aromatic N) is 1. The van der Waals surface area contributed by atoms with E-state index in [0.717, 1.165) is 31.1 Å². The lowest BCUT2D eigenvalue weighted by Gasteiger charge is -2.24. The Bertz CT molecular complexity index is 266. The Hall–Kier alpha value is -0.830. The van der Waals surface area contributed by atoms with Gasteiger partial charge in [-0.15, -0.1) is 0 Å². The Morgan fingerprint density at radius 2 is 2.38 bits per heavy atom. The summed E-state index contributed by atoms with van der Waals surface area (Å²) in [5, 5.41) is 3.86. The van der Waals surface area contributed by atoms with Crippen molar-refractivity contribution in [1.29, 1.82) is 0 Å². The summed E-state index contributed by atoms with van der Waals surface area (Å²) in [7, 11) is 0. The molecule has 1 aromatic heterocycles. The normalized spacial score (nSPS) is 17.3. The van der Waals surface area contributed by atoms with E-state index < -0.39 is 0 Å². The Labute approximate surface area is 78.3 Å². The van der Waals surface area contributed by atoms with Gasteiger partial charge in [0.1, 0.15) is 5.76 Å². The average molecular weight is 180 g/mol. The minimum atomic E-state index is 0.721. The lowest BCUT2D eigenvalue weighted by Crippen LogP contribution is -2.10. The van der Waals surface area contributed by atoms with E-state index in [4.69, 9.17) is 10.3 Å². The zero-order chi connectivity index (χ0) is 9.10. The van der Waals surface area contributed by atoms with Crippen molar-refractivity contribution in [1.82, 2.24) is 5.16 Å². The second-order valence-corrected chi connectivity index (χ2v) is 3.72. The van der Waals surface area contributed by atoms with Crippen LogP contribution in [0.5, 0.6) is 0 Å². The van der Waals surface area contributed by atoms with E-state index in [0.29, 0.717) is 0 Å². The molecule has 0 spiro atoms. The topological polar surface area (TPSA) is 52.0 Å². The molecule has 1 saturated carbocycles. The standard InChI is InChI=1S/C10H16N2O/c11-6-2-5-10-9(7-12-13-10)8-3-1-4-8/h7-8H,1-6,11H2. The van der Waals surface area contributed by atoms with E-state index in [1.54, 1.807) is 0 Å². The Balaban J connectivity index is 2.02. The maximum atomic E-state index is 5.46. The fraction of sp³-hybridized carbons (Fsp3) is 0.700. The molecule has 1 fully saturated rings. The fourth-order valence-electron chi connectivity index (χ4n) is 1.78. The molecule has 3 heteroatoms. The van der Waals surface area contributed by atoms with E-state index in [9.17, 15) is 0 Å². The van der Waals surface area contributed by atoms with Crippen molar-refractivity contribution in [3.05, 3.63) is 17.5 Å². The quantitative estimate of drug-likeness (QED) is 0.769. The van der Waals surface area contributed by atoms with Crippen LogP contribution in [0, 0.1) is 0 Å². The van der Waals surface area contributed by atoms with Crippen molar-refractivity contribution in [3.8, 4) is 0 Å². The first-order valence-corrected chi connectivity index (χ1v) is 5.05. The molecule has 0 unspecified atom stereocenters. The summed E-state index contributed by atoms with van der Waals surface area (Å²) in [5.74, 6) is 1.79. The van der Waals surface area contributed by atoms with Gasteiger partial charge in [-0.3, -0.25) is 0 Å². The number of aryl methyl sites for hydroxylation is 1. The van der Waals surface area contributed by atoms with Crippen LogP contribution in [0.2, 0.25) is 0 Å². The maximum Gasteiger partial charge on any atom is 0.140 e. The predicted molar refractivity (Wildman–Crippen MR) is 50.5 cm³/mol. The van der Waals surface area contributed by atoms with Gasteiger partial charge in [-0.05, 0) is 31.7 Å². The molecule has 2 N–H and O–H groups in total. The smallest absolute Gasteiger partial charge is 0.140 e. The van der Waals surface area contributed by atoms with Crippen molar-refractivity contribution >= 4 is 0 Å². The van der Waals surface area contributed by atoms with Crippen LogP contribution >= 0.6 is 0 Å². The van der Waals surface area contributed by atoms with Crippen molar-refractivity contribution in [2.75, 3.05) is 6.54 Å². The van der Waals surface area contributed by atoms with Crippen molar-refractivity contribution in [2.24, 2.45) is 5.73 Å². The summed E-state index contributed by atoms with van der Waals surface area (Å²) in [4.78, 5) is 0. The number of hydrogen-bond donors (Lipinski definition) is 1. The lowest BCUT2D eigenvalue weighted by atomic mass is 9.80. The summed E-state index contributed by atoms with van der Waals surface area (Å²) in [6, 6.07) is 0. The second-order valence-electron chi connectivity index (χ2n) is 3.72. The van der Waals surface area contributed by atoms with E-state index >= 15 is 0 Å². The first kappa shape index (κ1) is 8.75. The third kappa shape index (κ3) is 1.75. The highest BCUT2D eigenvalue weighted by Gasteiger charge is 2.24. The van der Waals surface area contributed by atoms with Gasteiger partial charge in [-0.25, -0.2) is 0 Å². The molecule has 0 amide bonds. The highest BCUT2D eigenvalue weighted by atomic mass is 16.5. The molecule has 0 aliphatic heterocycles. The predicted octanol–water partition coefficient (Wildman–Crippen LogP) is 1.83. The first-order valence-electron chi connectivity index (χ1n) is 5.05. The molecule has 3 nitrogen and oxygen atoms in total. The number of aromatic nitrogens is 1. The zero-order valence-corrected chi connectivity index (χ0v) is 7.83. The van der Waals surface area contributed by atoms with Gasteiger partial charge in [0.05, 0.1) is 6.20 Å². The van der Waals surface area contributed by atoms with Crippen LogP contribution in [-0.2, 0) is 6.42 Å². The molecule has 0 aromatic carbocycles. The molecule has 2 rings (SSSR count). The SMILES string of the molecule is NCCCc1oncc1C1CCC1. The summed E-state index contributed by atoms with van der Waals surface area (Å²) in [6.07, 6.45) is 7.78. The molecule has 1 heterocycles. The summed E-state index contributed by atoms with van der Waals surface area (Å²) < 4.78 is 5.22. The number of nitrogens with two attached hydrogens (primary N) is 1. The van der Waals surface area contributed by atoms with Gasteiger partial charge in [0.25, 0.3) is 0 Å². The number of hydrogen-bond acceptors (Lipinski definition) is 3. The van der Waals surface area contributed by atoms with Crippen LogP contribution in [0.15, 0.2) is 10.7 Å². The van der Waals surface area contributed by atoms with Crippen molar-refractivity contribution < 1.29 is 4.52 Å². The van der Waals surface area contributed by atoms with E-state index in [-0.39, 0.29) is 0 Å². The van der Waals surface area contributed by atoms with Crippen LogP contribution in [-0.4, -0.2) is 11.7 Å². The van der Waals surface area contributed by atoms with Crippen LogP contribution in [0.3, 0.4) is 0 Å². The van der Waals surface area contributed by atoms with Gasteiger partial charge in [0.15, 0.2) is 0 Å². The first-order chi connectivity index (χ1) is 6.42. The van der Waals surface area contributed by atoms with E-state index in [2.05, 4.69) is 5.16 Å². The maximum absolute atomic E-state index is 5.46. The molecule has 1 aliphatic rings. The van der Waals surface area contributed by atoms with Crippen LogP contribution in [0.1, 0.15) is 42.9 Å². The molecule has 0 saturated heterocycles. The van der Waals surface area contributed by atoms with Crippen LogP contribution < -0.4 is 5.73 Å². The third-order valence-corrected chi connectivity index (χ3v) is 2.83. The lowest BCUT2D eigenvalue weighted by molar-refractivity contribution is 0.367. The van der Waals surface area contributed by atoms with Gasteiger partial charge >= 0.3 is 0 Å². The van der Waals surface area contributed by atoms with Crippen LogP contribution in [0.4, 0.5) is 0 Å². The summed E-state index contributed by atoms with van der Waals surface area (Å²) in [6.45, 7) is 0.727. The van der Waals surface area contributed by atoms with E-state index in [1.807, 2.05) is 6.20 Å². The molecular weight excluding hydrogens is 164 g/mol. The highest BCUT2D eigenvalue weighted by molar-refractivity contribution is 5.21. The molecule has 0 radical (unpaired) electrons. The van der Waals surface area contributed by atoms with Gasteiger partial charge in [0, 0.05) is 12.0 Å². The molecule has 0 bridgehead atoms. The Kier molecular flexibility index (Phi) is 2.64. The van der Waals surface area contributed by atoms with Crippen molar-refractivity contribution in [2.45, 2.75) is 38.0 Å². The fourth-order valence-corrected chi connectivity index (χ4v) is 1.78. The Morgan fingerprint density at radius 1 is 1.54 bits per heavy atom. The Morgan fingerprint density at radius 3 is 3.00 bits per heavy atom. The largest absolute Gasteiger partial charge is 0.361 e. The van der Waals surface area contributed by atoms with Gasteiger partial charge in [-0.2, -0.15) is 0 Å². The van der Waals surface area contributed by atoms with Gasteiger partial charge in [0.2, 0.25) is 0 Å². The van der Waals surface area contributed by atoms with E-state index in [1.165, 1.54) is 24.8 Å². The summed E-state index contributed by atoms with van der Waals surface area (Å²) in [5.41, 5.74) is 6.79. The average Bonchev–Trinajstić information content (AvgIpc) is 2.46. The van der Waals surface area contributed by atoms with Gasteiger partial charge < -0.3 is 10.3 Å². The molecule has 1 aliphatic carbocycles. The highest BCUT2D eigenvalue weighted by Crippen LogP contribution is 2.38. The minimum absolute atomic E-state index is 0.721. The molecule has 13 heavy (non-hydrogen) atoms. The second kappa shape index (κ2) is 3.92. The van der Waals surface area contributed by atoms with Crippen LogP contribution in [0.25, 0.3) is 0 Å². The third-order valence-electron chi connectivity index (χ3n) is 2.83. The monoisotopic (exact) mass is 180 g/mol. The molecule has 1 aromatic rings. The van der Waals surface area contributed by atoms with Gasteiger partial charge in [-0.1, -0.05) is 11.6 Å². The number of rotatable bonds is 4. The zero-order valence-electron chi connectivity index (χ0n) is 7.83. The molecular formula is C10H16N2O. The minimum Gasteiger partial charge on any atom is -0.361 e. The summed E-state index contributed by atoms with van der Waals surface area (Å²) >= 11 is 0. The van der Waals surface area contributed by atoms with Crippen molar-refractivity contribution in [3.63, 3.8) is 0 Å². The molecule has 0 atom stereocenters.